The van der Waals surface area contributed by atoms with E-state index >= 15 is 0 Å². The van der Waals surface area contributed by atoms with Crippen LogP contribution in [-0.2, 0) is 23.9 Å². The van der Waals surface area contributed by atoms with Gasteiger partial charge in [0.1, 0.15) is 12.1 Å². The fraction of sp³-hybridized carbons (Fsp3) is 0.909. The van der Waals surface area contributed by atoms with Crippen molar-refractivity contribution in [3.05, 3.63) is 0 Å². The maximum absolute atomic E-state index is 13.3. The number of esters is 1. The van der Waals surface area contributed by atoms with Gasteiger partial charge in [-0.15, -0.1) is 0 Å². The van der Waals surface area contributed by atoms with Crippen LogP contribution in [-0.4, -0.2) is 64.8 Å². The number of carbonyl (C=O) groups is 4. The Morgan fingerprint density at radius 3 is 1.39 bits per heavy atom. The van der Waals surface area contributed by atoms with Crippen LogP contribution in [0, 0.1) is 0 Å². The molecule has 2 amide bonds. The molecule has 10 nitrogen and oxygen atoms in total. The van der Waals surface area contributed by atoms with Gasteiger partial charge in [-0.05, 0) is 52.0 Å². The highest BCUT2D eigenvalue weighted by Crippen LogP contribution is 2.18. The Morgan fingerprint density at radius 2 is 0.981 bits per heavy atom. The van der Waals surface area contributed by atoms with Crippen molar-refractivity contribution < 1.29 is 34.1 Å². The largest absolute Gasteiger partial charge is 0.480 e. The smallest absolute Gasteiger partial charge is 0.328 e. The predicted molar refractivity (Wildman–Crippen MR) is 221 cm³/mol. The first-order chi connectivity index (χ1) is 26.2. The summed E-state index contributed by atoms with van der Waals surface area (Å²) in [4.78, 5) is 50.8. The number of rotatable bonds is 40. The van der Waals surface area contributed by atoms with E-state index in [1.54, 1.807) is 0 Å². The minimum Gasteiger partial charge on any atom is -0.480 e. The number of amides is 2. The fourth-order valence-corrected chi connectivity index (χ4v) is 6.99. The molecular formula is C44H85N3O7. The molecule has 0 rings (SSSR count). The molecule has 6 N–H and O–H groups in total. The van der Waals surface area contributed by atoms with E-state index in [1.165, 1.54) is 135 Å². The van der Waals surface area contributed by atoms with Crippen molar-refractivity contribution in [1.82, 2.24) is 10.6 Å². The van der Waals surface area contributed by atoms with E-state index in [0.29, 0.717) is 32.2 Å². The van der Waals surface area contributed by atoms with E-state index in [2.05, 4.69) is 24.5 Å². The van der Waals surface area contributed by atoms with Crippen molar-refractivity contribution in [3.8, 4) is 0 Å². The molecule has 0 radical (unpaired) electrons. The number of nitrogens with one attached hydrogen (secondary N) is 2. The van der Waals surface area contributed by atoms with Crippen LogP contribution >= 0.6 is 0 Å². The Hall–Kier alpha value is -2.20. The summed E-state index contributed by atoms with van der Waals surface area (Å²) in [6, 6.07) is -2.50. The van der Waals surface area contributed by atoms with Crippen LogP contribution in [0.2, 0.25) is 0 Å². The highest BCUT2D eigenvalue weighted by molar-refractivity contribution is 5.90. The first-order valence-corrected chi connectivity index (χ1v) is 22.6. The topological polar surface area (TPSA) is 168 Å². The van der Waals surface area contributed by atoms with Crippen LogP contribution in [0.3, 0.4) is 0 Å². The number of carbonyl (C=O) groups excluding carboxylic acids is 3. The van der Waals surface area contributed by atoms with Crippen molar-refractivity contribution in [2.75, 3.05) is 6.54 Å². The molecular weight excluding hydrogens is 682 g/mol. The van der Waals surface area contributed by atoms with Crippen molar-refractivity contribution in [2.24, 2.45) is 5.73 Å². The molecule has 0 aromatic carbocycles. The van der Waals surface area contributed by atoms with Gasteiger partial charge in [0.15, 0.2) is 6.04 Å². The maximum atomic E-state index is 13.3. The van der Waals surface area contributed by atoms with Crippen molar-refractivity contribution in [2.45, 2.75) is 251 Å². The standard InChI is InChI=1S/C44H85N3O7/c1-4-6-8-10-12-14-16-18-20-22-24-26-28-32-38(54-41(50)34-29-27-25-23-21-19-17-15-13-11-9-7-5-2)36-40(49)46-39(33-30-31-35-45)43(51)47-42(37(3)48)44(52)53/h37-39,42,48H,4-36,45H2,1-3H3,(H,46,49)(H,47,51)(H,52,53)/t37-,38?,39+,42+/m1/s1. The molecule has 1 unspecified atom stereocenters. The monoisotopic (exact) mass is 768 g/mol. The summed E-state index contributed by atoms with van der Waals surface area (Å²) in [7, 11) is 0. The third-order valence-corrected chi connectivity index (χ3v) is 10.5. The second-order valence-corrected chi connectivity index (χ2v) is 15.8. The number of hydrogen-bond acceptors (Lipinski definition) is 7. The first-order valence-electron chi connectivity index (χ1n) is 22.6. The Kier molecular flexibility index (Phi) is 36.2. The number of carboxylic acids is 1. The van der Waals surface area contributed by atoms with Crippen molar-refractivity contribution in [1.29, 1.82) is 0 Å². The van der Waals surface area contributed by atoms with Crippen LogP contribution in [0.15, 0.2) is 0 Å². The highest BCUT2D eigenvalue weighted by atomic mass is 16.5. The third-order valence-electron chi connectivity index (χ3n) is 10.5. The van der Waals surface area contributed by atoms with Gasteiger partial charge in [0.05, 0.1) is 12.5 Å². The summed E-state index contributed by atoms with van der Waals surface area (Å²) in [5, 5.41) is 24.4. The average Bonchev–Trinajstić information content (AvgIpc) is 3.13. The number of aliphatic hydroxyl groups is 1. The number of unbranched alkanes of at least 4 members (excludes halogenated alkanes) is 25. The van der Waals surface area contributed by atoms with Crippen LogP contribution in [0.4, 0.5) is 0 Å². The van der Waals surface area contributed by atoms with Crippen LogP contribution in [0.5, 0.6) is 0 Å². The molecule has 0 aromatic rings. The van der Waals surface area contributed by atoms with E-state index in [1.807, 2.05) is 0 Å². The van der Waals surface area contributed by atoms with Gasteiger partial charge in [0.25, 0.3) is 0 Å². The van der Waals surface area contributed by atoms with Gasteiger partial charge >= 0.3 is 11.9 Å². The van der Waals surface area contributed by atoms with Crippen LogP contribution < -0.4 is 16.4 Å². The van der Waals surface area contributed by atoms with Gasteiger partial charge in [0, 0.05) is 6.42 Å². The summed E-state index contributed by atoms with van der Waals surface area (Å²) in [5.41, 5.74) is 5.64. The number of ether oxygens (including phenoxy) is 1. The SMILES string of the molecule is CCCCCCCCCCCCCCCC(=O)OC(CCCCCCCCCCCCCCC)CC(=O)N[C@@H](CCCCN)C(=O)N[C@H](C(=O)O)[C@@H](C)O. The molecule has 0 spiro atoms. The molecule has 0 saturated heterocycles. The Balaban J connectivity index is 4.90. The number of nitrogens with two attached hydrogens (primary N) is 1. The van der Waals surface area contributed by atoms with Crippen LogP contribution in [0.1, 0.15) is 226 Å². The highest BCUT2D eigenvalue weighted by Gasteiger charge is 2.30. The summed E-state index contributed by atoms with van der Waals surface area (Å²) in [6.07, 6.45) is 32.3. The Bertz CT molecular complexity index is 917. The van der Waals surface area contributed by atoms with E-state index in [-0.39, 0.29) is 18.8 Å². The minimum absolute atomic E-state index is 0.0674. The summed E-state index contributed by atoms with van der Waals surface area (Å²) >= 11 is 0. The zero-order valence-electron chi connectivity index (χ0n) is 35.2. The van der Waals surface area contributed by atoms with Gasteiger partial charge < -0.3 is 31.3 Å². The molecule has 54 heavy (non-hydrogen) atoms. The summed E-state index contributed by atoms with van der Waals surface area (Å²) < 4.78 is 5.88. The number of aliphatic carboxylic acids is 1. The summed E-state index contributed by atoms with van der Waals surface area (Å²) in [6.45, 7) is 6.21. The van der Waals surface area contributed by atoms with Gasteiger partial charge in [-0.3, -0.25) is 14.4 Å². The fourth-order valence-electron chi connectivity index (χ4n) is 6.99. The van der Waals surface area contributed by atoms with E-state index in [0.717, 1.165) is 38.5 Å². The van der Waals surface area contributed by atoms with E-state index in [9.17, 15) is 29.4 Å². The number of carboxylic acid groups (broad SMARTS) is 1. The second-order valence-electron chi connectivity index (χ2n) is 15.8. The molecule has 10 heteroatoms. The molecule has 0 saturated carbocycles. The van der Waals surface area contributed by atoms with E-state index in [4.69, 9.17) is 10.5 Å². The normalized spacial score (nSPS) is 13.6. The molecule has 0 heterocycles. The summed E-state index contributed by atoms with van der Waals surface area (Å²) in [5.74, 6) is -2.76. The lowest BCUT2D eigenvalue weighted by atomic mass is 10.0. The van der Waals surface area contributed by atoms with Crippen LogP contribution in [0.25, 0.3) is 0 Å². The number of aliphatic hydroxyl groups excluding tert-OH is 1. The lowest BCUT2D eigenvalue weighted by Gasteiger charge is -2.24. The minimum atomic E-state index is -1.50. The Labute approximate surface area is 330 Å². The van der Waals surface area contributed by atoms with Gasteiger partial charge in [0.2, 0.25) is 11.8 Å². The van der Waals surface area contributed by atoms with Crippen molar-refractivity contribution >= 4 is 23.8 Å². The third kappa shape index (κ3) is 32.1. The first kappa shape index (κ1) is 51.8. The maximum Gasteiger partial charge on any atom is 0.328 e. The molecule has 4 atom stereocenters. The predicted octanol–water partition coefficient (Wildman–Crippen LogP) is 9.81. The number of hydrogen-bond donors (Lipinski definition) is 5. The zero-order chi connectivity index (χ0) is 40.1. The van der Waals surface area contributed by atoms with Gasteiger partial charge in [-0.25, -0.2) is 4.79 Å². The lowest BCUT2D eigenvalue weighted by Crippen LogP contribution is -2.55. The quantitative estimate of drug-likeness (QED) is 0.0303. The van der Waals surface area contributed by atoms with E-state index < -0.39 is 42.1 Å². The Morgan fingerprint density at radius 1 is 0.574 bits per heavy atom. The zero-order valence-corrected chi connectivity index (χ0v) is 35.2. The lowest BCUT2D eigenvalue weighted by molar-refractivity contribution is -0.151. The van der Waals surface area contributed by atoms with Crippen molar-refractivity contribution in [3.63, 3.8) is 0 Å². The molecule has 0 aliphatic rings. The van der Waals surface area contributed by atoms with Gasteiger partial charge in [-0.1, -0.05) is 168 Å². The second kappa shape index (κ2) is 37.7. The average molecular weight is 768 g/mol. The molecule has 0 aromatic heterocycles. The molecule has 318 valence electrons. The molecule has 0 fully saturated rings. The van der Waals surface area contributed by atoms with Gasteiger partial charge in [-0.2, -0.15) is 0 Å². The molecule has 0 bridgehead atoms. The molecule has 0 aliphatic carbocycles. The molecule has 0 aliphatic heterocycles.